The van der Waals surface area contributed by atoms with E-state index < -0.39 is 22.9 Å². The van der Waals surface area contributed by atoms with Gasteiger partial charge < -0.3 is 9.64 Å². The molecular weight excluding hydrogens is 540 g/mol. The molecule has 1 unspecified atom stereocenters. The van der Waals surface area contributed by atoms with Crippen LogP contribution in [0.4, 0.5) is 14.5 Å². The lowest BCUT2D eigenvalue weighted by atomic mass is 9.77. The monoisotopic (exact) mass is 575 g/mol. The average Bonchev–Trinajstić information content (AvgIpc) is 3.30. The van der Waals surface area contributed by atoms with Gasteiger partial charge in [-0.1, -0.05) is 40.5 Å². The van der Waals surface area contributed by atoms with Crippen molar-refractivity contribution in [2.24, 2.45) is 10.4 Å². The van der Waals surface area contributed by atoms with Crippen LogP contribution in [0, 0.1) is 35.3 Å². The number of rotatable bonds is 10. The van der Waals surface area contributed by atoms with Gasteiger partial charge in [-0.25, -0.2) is 13.8 Å². The van der Waals surface area contributed by atoms with Crippen molar-refractivity contribution in [3.63, 3.8) is 0 Å². The summed E-state index contributed by atoms with van der Waals surface area (Å²) in [4.78, 5) is 18.1. The highest BCUT2D eigenvalue weighted by molar-refractivity contribution is 9.10. The number of ether oxygens (including phenoxy) is 1. The quantitative estimate of drug-likeness (QED) is 0.161. The van der Waals surface area contributed by atoms with Crippen LogP contribution in [0.2, 0.25) is 0 Å². The highest BCUT2D eigenvalue weighted by atomic mass is 79.9. The number of amides is 1. The first-order chi connectivity index (χ1) is 17.8. The van der Waals surface area contributed by atoms with Crippen molar-refractivity contribution in [3.05, 3.63) is 51.5 Å². The highest BCUT2D eigenvalue weighted by Crippen LogP contribution is 2.47. The lowest BCUT2D eigenvalue weighted by molar-refractivity contribution is -0.116. The summed E-state index contributed by atoms with van der Waals surface area (Å²) < 4.78 is 34.2. The van der Waals surface area contributed by atoms with Crippen molar-refractivity contribution in [2.45, 2.75) is 85.6 Å². The lowest BCUT2D eigenvalue weighted by Gasteiger charge is -2.30. The van der Waals surface area contributed by atoms with Crippen molar-refractivity contribution in [1.82, 2.24) is 4.90 Å². The molecule has 3 rings (SSSR count). The molecule has 0 radical (unpaired) electrons. The maximum atomic E-state index is 14.2. The summed E-state index contributed by atoms with van der Waals surface area (Å²) in [5.74, 6) is -1.95. The van der Waals surface area contributed by atoms with Gasteiger partial charge in [0.15, 0.2) is 11.6 Å². The smallest absolute Gasteiger partial charge is 0.215 e. The van der Waals surface area contributed by atoms with Crippen LogP contribution in [0.1, 0.15) is 83.8 Å². The van der Waals surface area contributed by atoms with Gasteiger partial charge in [0.2, 0.25) is 6.41 Å². The average molecular weight is 577 g/mol. The van der Waals surface area contributed by atoms with Crippen molar-refractivity contribution in [1.29, 1.82) is 5.26 Å². The van der Waals surface area contributed by atoms with Crippen LogP contribution < -0.4 is 4.74 Å². The summed E-state index contributed by atoms with van der Waals surface area (Å²) in [5, 5.41) is 9.20. The molecule has 2 aromatic carbocycles. The molecule has 0 saturated heterocycles. The first-order valence-electron chi connectivity index (χ1n) is 12.9. The summed E-state index contributed by atoms with van der Waals surface area (Å²) in [6.07, 6.45) is 10.1. The molecular formula is C29H36BrF2N3O2. The maximum absolute atomic E-state index is 14.2. The molecule has 2 aromatic rings. The zero-order valence-corrected chi connectivity index (χ0v) is 23.9. The molecule has 0 aliphatic heterocycles. The second-order valence-corrected chi connectivity index (χ2v) is 9.96. The van der Waals surface area contributed by atoms with Gasteiger partial charge in [0.05, 0.1) is 16.5 Å². The van der Waals surface area contributed by atoms with Crippen molar-refractivity contribution < 1.29 is 18.3 Å². The molecule has 1 aliphatic carbocycles. The van der Waals surface area contributed by atoms with Crippen molar-refractivity contribution in [3.8, 4) is 17.6 Å². The second kappa shape index (κ2) is 14.2. The third kappa shape index (κ3) is 7.16. The highest BCUT2D eigenvalue weighted by Gasteiger charge is 2.39. The Balaban J connectivity index is 0.00000235. The number of benzene rings is 2. The number of nitriles is 1. The summed E-state index contributed by atoms with van der Waals surface area (Å²) in [6.45, 7) is 10.2. The number of carbonyl (C=O) groups excluding carboxylic acids is 1. The van der Waals surface area contributed by atoms with E-state index in [0.29, 0.717) is 21.1 Å². The standard InChI is InChI=1S/C27H30BrF2N3O2.C2H6/c1-4-11-27(12-5-2)13-10-19(14-27)33(17-34)16-32-23-8-9-24(25(28)18(23)3)35-26-20(15-31)21(29)6-7-22(26)30;1-2/h6-9,16-17,19H,4-5,10-14H2,1-3H3;1-2H3. The molecule has 200 valence electrons. The molecule has 5 nitrogen and oxygen atoms in total. The van der Waals surface area contributed by atoms with E-state index in [1.54, 1.807) is 36.4 Å². The Labute approximate surface area is 227 Å². The molecule has 37 heavy (non-hydrogen) atoms. The van der Waals surface area contributed by atoms with Crippen LogP contribution in [0.3, 0.4) is 0 Å². The number of aliphatic imine (C=N–C) groups is 1. The van der Waals surface area contributed by atoms with Crippen LogP contribution in [-0.2, 0) is 4.79 Å². The second-order valence-electron chi connectivity index (χ2n) is 9.16. The number of halogens is 3. The zero-order chi connectivity index (χ0) is 27.6. The van der Waals surface area contributed by atoms with Gasteiger partial charge in [-0.15, -0.1) is 0 Å². The van der Waals surface area contributed by atoms with E-state index in [1.807, 2.05) is 13.8 Å². The van der Waals surface area contributed by atoms with Crippen molar-refractivity contribution in [2.75, 3.05) is 0 Å². The van der Waals surface area contributed by atoms with Gasteiger partial charge in [0.1, 0.15) is 23.2 Å². The molecule has 1 amide bonds. The third-order valence-electron chi connectivity index (χ3n) is 6.82. The summed E-state index contributed by atoms with van der Waals surface area (Å²) in [7, 11) is 0. The normalized spacial score (nSPS) is 16.1. The van der Waals surface area contributed by atoms with Crippen LogP contribution in [-0.4, -0.2) is 23.7 Å². The summed E-state index contributed by atoms with van der Waals surface area (Å²) >= 11 is 3.44. The molecule has 0 aromatic heterocycles. The van der Waals surface area contributed by atoms with Gasteiger partial charge in [0, 0.05) is 6.04 Å². The molecule has 1 aliphatic rings. The zero-order valence-electron chi connectivity index (χ0n) is 22.3. The Morgan fingerprint density at radius 3 is 2.43 bits per heavy atom. The SMILES string of the molecule is CC.CCCC1(CCC)CCC(N(C=O)C=Nc2ccc(Oc3c(F)ccc(F)c3C#N)c(Br)c2C)C1. The Kier molecular flexibility index (Phi) is 11.7. The predicted octanol–water partition coefficient (Wildman–Crippen LogP) is 8.98. The van der Waals surface area contributed by atoms with Gasteiger partial charge in [-0.2, -0.15) is 5.26 Å². The van der Waals surface area contributed by atoms with Gasteiger partial charge in [0.25, 0.3) is 0 Å². The van der Waals surface area contributed by atoms with E-state index >= 15 is 0 Å². The fraction of sp³-hybridized carbons (Fsp3) is 0.483. The van der Waals surface area contributed by atoms with Gasteiger partial charge in [-0.3, -0.25) is 4.79 Å². The molecule has 0 N–H and O–H groups in total. The maximum Gasteiger partial charge on any atom is 0.215 e. The Bertz CT molecular complexity index is 1140. The fourth-order valence-corrected chi connectivity index (χ4v) is 5.54. The van der Waals surface area contributed by atoms with Crippen LogP contribution >= 0.6 is 15.9 Å². The Hall–Kier alpha value is -2.79. The minimum absolute atomic E-state index is 0.126. The summed E-state index contributed by atoms with van der Waals surface area (Å²) in [5.41, 5.74) is 1.09. The topological polar surface area (TPSA) is 65.7 Å². The lowest BCUT2D eigenvalue weighted by Crippen LogP contribution is -2.32. The van der Waals surface area contributed by atoms with E-state index in [-0.39, 0.29) is 11.8 Å². The first-order valence-corrected chi connectivity index (χ1v) is 13.7. The van der Waals surface area contributed by atoms with Crippen molar-refractivity contribution >= 4 is 34.4 Å². The van der Waals surface area contributed by atoms with E-state index in [1.165, 1.54) is 12.8 Å². The number of nitrogens with zero attached hydrogens (tertiary/aromatic N) is 3. The minimum atomic E-state index is -0.860. The number of hydrogen-bond donors (Lipinski definition) is 0. The molecule has 1 fully saturated rings. The Morgan fingerprint density at radius 2 is 1.84 bits per heavy atom. The van der Waals surface area contributed by atoms with E-state index in [0.717, 1.165) is 50.6 Å². The van der Waals surface area contributed by atoms with E-state index in [4.69, 9.17) is 4.74 Å². The predicted molar refractivity (Wildman–Crippen MR) is 147 cm³/mol. The largest absolute Gasteiger partial charge is 0.452 e. The molecule has 0 spiro atoms. The molecule has 0 heterocycles. The van der Waals surface area contributed by atoms with E-state index in [9.17, 15) is 18.8 Å². The number of carbonyl (C=O) groups is 1. The molecule has 0 bridgehead atoms. The fourth-order valence-electron chi connectivity index (χ4n) is 5.12. The van der Waals surface area contributed by atoms with Gasteiger partial charge >= 0.3 is 0 Å². The van der Waals surface area contributed by atoms with E-state index in [2.05, 4.69) is 34.8 Å². The number of hydrogen-bond acceptors (Lipinski definition) is 4. The molecule has 1 saturated carbocycles. The summed E-state index contributed by atoms with van der Waals surface area (Å²) in [6, 6.07) is 6.80. The molecule has 8 heteroatoms. The van der Waals surface area contributed by atoms with Gasteiger partial charge in [-0.05, 0) is 90.2 Å². The minimum Gasteiger partial charge on any atom is -0.452 e. The third-order valence-corrected chi connectivity index (χ3v) is 7.80. The van der Waals surface area contributed by atoms with Crippen LogP contribution in [0.15, 0.2) is 33.7 Å². The Morgan fingerprint density at radius 1 is 1.19 bits per heavy atom. The molecule has 1 atom stereocenters. The first kappa shape index (κ1) is 30.4. The van der Waals surface area contributed by atoms with Crippen LogP contribution in [0.25, 0.3) is 0 Å². The van der Waals surface area contributed by atoms with Crippen LogP contribution in [0.5, 0.6) is 11.5 Å².